The Bertz CT molecular complexity index is 525. The highest BCUT2D eigenvalue weighted by molar-refractivity contribution is 5.39. The Morgan fingerprint density at radius 2 is 2.17 bits per heavy atom. The molecule has 0 bridgehead atoms. The van der Waals surface area contributed by atoms with Crippen molar-refractivity contribution >= 4 is 0 Å². The van der Waals surface area contributed by atoms with E-state index in [9.17, 15) is 4.39 Å². The minimum atomic E-state index is -0.329. The van der Waals surface area contributed by atoms with Crippen molar-refractivity contribution < 1.29 is 9.13 Å². The van der Waals surface area contributed by atoms with E-state index in [1.54, 1.807) is 31.5 Å². The van der Waals surface area contributed by atoms with Gasteiger partial charge in [0.05, 0.1) is 13.3 Å². The van der Waals surface area contributed by atoms with E-state index in [4.69, 9.17) is 10.5 Å². The molecule has 0 aliphatic rings. The third-order valence-corrected chi connectivity index (χ3v) is 2.72. The highest BCUT2D eigenvalue weighted by Gasteiger charge is 2.14. The fraction of sp³-hybridized carbons (Fsp3) is 0.308. The minimum Gasteiger partial charge on any atom is -0.481 e. The van der Waals surface area contributed by atoms with Crippen LogP contribution in [0.5, 0.6) is 5.88 Å². The van der Waals surface area contributed by atoms with Gasteiger partial charge in [-0.15, -0.1) is 0 Å². The smallest absolute Gasteiger partial charge is 0.219 e. The van der Waals surface area contributed by atoms with Gasteiger partial charge in [-0.3, -0.25) is 0 Å². The molecule has 0 saturated carbocycles. The summed E-state index contributed by atoms with van der Waals surface area (Å²) in [7, 11) is 1.56. The van der Waals surface area contributed by atoms with Crippen LogP contribution in [0.3, 0.4) is 0 Å². The van der Waals surface area contributed by atoms with Crippen molar-refractivity contribution in [2.75, 3.05) is 13.7 Å². The first kappa shape index (κ1) is 12.6. The molecule has 2 N–H and O–H groups in total. The first-order chi connectivity index (χ1) is 8.77. The van der Waals surface area contributed by atoms with Crippen molar-refractivity contribution in [1.82, 2.24) is 9.78 Å². The number of nitrogens with zero attached hydrogens (tertiary/aromatic N) is 2. The summed E-state index contributed by atoms with van der Waals surface area (Å²) in [5, 5.41) is 4.18. The number of aromatic nitrogens is 2. The summed E-state index contributed by atoms with van der Waals surface area (Å²) in [6, 6.07) is 6.47. The van der Waals surface area contributed by atoms with E-state index in [2.05, 4.69) is 5.10 Å². The van der Waals surface area contributed by atoms with Gasteiger partial charge in [0, 0.05) is 5.56 Å². The zero-order chi connectivity index (χ0) is 13.0. The van der Waals surface area contributed by atoms with Crippen LogP contribution in [0.25, 0.3) is 5.69 Å². The van der Waals surface area contributed by atoms with E-state index in [1.807, 2.05) is 0 Å². The highest BCUT2D eigenvalue weighted by atomic mass is 19.1. The van der Waals surface area contributed by atoms with Crippen LogP contribution >= 0.6 is 0 Å². The molecule has 0 spiro atoms. The van der Waals surface area contributed by atoms with Gasteiger partial charge in [0.2, 0.25) is 5.88 Å². The Hall–Kier alpha value is -1.88. The first-order valence-electron chi connectivity index (χ1n) is 5.83. The van der Waals surface area contributed by atoms with Crippen LogP contribution in [0.15, 0.2) is 30.5 Å². The van der Waals surface area contributed by atoms with Gasteiger partial charge >= 0.3 is 0 Å². The standard InChI is InChI=1S/C13H16FN3O/c1-18-13-10(5-4-8-15)9-16-17(13)12-7-3-2-6-11(12)14/h2-3,6-7,9H,4-5,8,15H2,1H3. The molecule has 2 aromatic rings. The second-order valence-corrected chi connectivity index (χ2v) is 3.93. The van der Waals surface area contributed by atoms with E-state index >= 15 is 0 Å². The molecular formula is C13H16FN3O. The number of rotatable bonds is 5. The Balaban J connectivity index is 2.40. The van der Waals surface area contributed by atoms with Crippen molar-refractivity contribution in [2.24, 2.45) is 5.73 Å². The van der Waals surface area contributed by atoms with E-state index in [0.717, 1.165) is 18.4 Å². The van der Waals surface area contributed by atoms with Gasteiger partial charge < -0.3 is 10.5 Å². The molecule has 2 rings (SSSR count). The summed E-state index contributed by atoms with van der Waals surface area (Å²) in [5.41, 5.74) is 6.80. The third kappa shape index (κ3) is 2.36. The zero-order valence-corrected chi connectivity index (χ0v) is 10.3. The second-order valence-electron chi connectivity index (χ2n) is 3.93. The molecule has 0 aliphatic carbocycles. The number of benzene rings is 1. The van der Waals surface area contributed by atoms with Crippen LogP contribution < -0.4 is 10.5 Å². The van der Waals surface area contributed by atoms with Crippen LogP contribution in [0, 0.1) is 5.82 Å². The lowest BCUT2D eigenvalue weighted by molar-refractivity contribution is 0.377. The van der Waals surface area contributed by atoms with Crippen LogP contribution in [0.1, 0.15) is 12.0 Å². The van der Waals surface area contributed by atoms with Gasteiger partial charge in [-0.2, -0.15) is 9.78 Å². The number of methoxy groups -OCH3 is 1. The van der Waals surface area contributed by atoms with Crippen molar-refractivity contribution in [1.29, 1.82) is 0 Å². The SMILES string of the molecule is COc1c(CCCN)cnn1-c1ccccc1F. The molecule has 0 atom stereocenters. The maximum absolute atomic E-state index is 13.7. The van der Waals surface area contributed by atoms with Gasteiger partial charge in [0.15, 0.2) is 0 Å². The number of hydrogen-bond donors (Lipinski definition) is 1. The lowest BCUT2D eigenvalue weighted by Crippen LogP contribution is -2.04. The third-order valence-electron chi connectivity index (χ3n) is 2.72. The molecule has 18 heavy (non-hydrogen) atoms. The fourth-order valence-electron chi connectivity index (χ4n) is 1.85. The van der Waals surface area contributed by atoms with Crippen LogP contribution in [-0.4, -0.2) is 23.4 Å². The maximum Gasteiger partial charge on any atom is 0.219 e. The fourth-order valence-corrected chi connectivity index (χ4v) is 1.85. The molecule has 0 saturated heterocycles. The number of aryl methyl sites for hydroxylation is 1. The molecule has 1 aromatic carbocycles. The summed E-state index contributed by atoms with van der Waals surface area (Å²) in [6.07, 6.45) is 3.31. The van der Waals surface area contributed by atoms with Gasteiger partial charge in [0.1, 0.15) is 11.5 Å². The normalized spacial score (nSPS) is 10.6. The summed E-state index contributed by atoms with van der Waals surface area (Å²) >= 11 is 0. The molecule has 0 radical (unpaired) electrons. The van der Waals surface area contributed by atoms with E-state index < -0.39 is 0 Å². The molecule has 4 nitrogen and oxygen atoms in total. The Morgan fingerprint density at radius 1 is 1.39 bits per heavy atom. The average molecular weight is 249 g/mol. The van der Waals surface area contributed by atoms with Crippen molar-refractivity contribution in [3.8, 4) is 11.6 Å². The first-order valence-corrected chi connectivity index (χ1v) is 5.83. The van der Waals surface area contributed by atoms with Crippen LogP contribution in [-0.2, 0) is 6.42 Å². The van der Waals surface area contributed by atoms with E-state index in [1.165, 1.54) is 10.7 Å². The lowest BCUT2D eigenvalue weighted by atomic mass is 10.2. The molecule has 0 unspecified atom stereocenters. The predicted molar refractivity (Wildman–Crippen MR) is 67.4 cm³/mol. The maximum atomic E-state index is 13.7. The average Bonchev–Trinajstić information content (AvgIpc) is 2.79. The van der Waals surface area contributed by atoms with Crippen molar-refractivity contribution in [3.05, 3.63) is 41.8 Å². The molecule has 1 aromatic heterocycles. The predicted octanol–water partition coefficient (Wildman–Crippen LogP) is 1.91. The summed E-state index contributed by atoms with van der Waals surface area (Å²) in [4.78, 5) is 0. The zero-order valence-electron chi connectivity index (χ0n) is 10.3. The topological polar surface area (TPSA) is 53.1 Å². The van der Waals surface area contributed by atoms with Crippen molar-refractivity contribution in [2.45, 2.75) is 12.8 Å². The number of ether oxygens (including phenoxy) is 1. The number of nitrogens with two attached hydrogens (primary N) is 1. The summed E-state index contributed by atoms with van der Waals surface area (Å²) in [5.74, 6) is 0.234. The summed E-state index contributed by atoms with van der Waals surface area (Å²) in [6.45, 7) is 0.605. The second kappa shape index (κ2) is 5.64. The minimum absolute atomic E-state index is 0.329. The Morgan fingerprint density at radius 3 is 2.83 bits per heavy atom. The molecule has 1 heterocycles. The van der Waals surface area contributed by atoms with Crippen LogP contribution in [0.4, 0.5) is 4.39 Å². The van der Waals surface area contributed by atoms with Crippen LogP contribution in [0.2, 0.25) is 0 Å². The van der Waals surface area contributed by atoms with E-state index in [0.29, 0.717) is 18.1 Å². The summed E-state index contributed by atoms with van der Waals surface area (Å²) < 4.78 is 20.5. The van der Waals surface area contributed by atoms with Crippen molar-refractivity contribution in [3.63, 3.8) is 0 Å². The molecule has 0 aliphatic heterocycles. The Kier molecular flexibility index (Phi) is 3.94. The monoisotopic (exact) mass is 249 g/mol. The van der Waals surface area contributed by atoms with Gasteiger partial charge in [0.25, 0.3) is 0 Å². The largest absolute Gasteiger partial charge is 0.481 e. The highest BCUT2D eigenvalue weighted by Crippen LogP contribution is 2.24. The van der Waals surface area contributed by atoms with Gasteiger partial charge in [-0.1, -0.05) is 12.1 Å². The molecule has 0 amide bonds. The quantitative estimate of drug-likeness (QED) is 0.880. The molecule has 96 valence electrons. The lowest BCUT2D eigenvalue weighted by Gasteiger charge is -2.08. The van der Waals surface area contributed by atoms with E-state index in [-0.39, 0.29) is 5.82 Å². The number of halogens is 1. The Labute approximate surface area is 105 Å². The molecule has 5 heteroatoms. The number of para-hydroxylation sites is 1. The number of hydrogen-bond acceptors (Lipinski definition) is 3. The molecule has 0 fully saturated rings. The molecular weight excluding hydrogens is 233 g/mol. The van der Waals surface area contributed by atoms with Gasteiger partial charge in [-0.25, -0.2) is 4.39 Å². The van der Waals surface area contributed by atoms with Gasteiger partial charge in [-0.05, 0) is 31.5 Å².